The fourth-order valence-corrected chi connectivity index (χ4v) is 1.80. The minimum Gasteiger partial charge on any atom is -0.429 e. The van der Waals surface area contributed by atoms with E-state index in [0.29, 0.717) is 6.92 Å². The molecule has 0 N–H and O–H groups in total. The summed E-state index contributed by atoms with van der Waals surface area (Å²) in [5.41, 5.74) is 1.24. The highest BCUT2D eigenvalue weighted by molar-refractivity contribution is 6.51. The Morgan fingerprint density at radius 2 is 1.88 bits per heavy atom. The second kappa shape index (κ2) is 7.29. The molecule has 0 saturated heterocycles. The summed E-state index contributed by atoms with van der Waals surface area (Å²) in [6.07, 6.45) is 5.10. The molecule has 0 aromatic heterocycles. The molecule has 0 radical (unpaired) electrons. The number of benzene rings is 1. The number of rotatable bonds is 7. The molecule has 0 saturated carbocycles. The maximum Gasteiger partial charge on any atom is 0.293 e. The van der Waals surface area contributed by atoms with E-state index in [2.05, 4.69) is 44.7 Å². The second-order valence-electron chi connectivity index (χ2n) is 4.00. The van der Waals surface area contributed by atoms with Gasteiger partial charge in [0.1, 0.15) is 0 Å². The molecule has 0 heterocycles. The van der Waals surface area contributed by atoms with Crippen LogP contribution in [0.2, 0.25) is 12.6 Å². The zero-order valence-electron chi connectivity index (χ0n) is 10.4. The maximum atomic E-state index is 6.10. The molecule has 1 aromatic carbocycles. The Kier molecular flexibility index (Phi) is 5.95. The van der Waals surface area contributed by atoms with Gasteiger partial charge in [0, 0.05) is 0 Å². The average Bonchev–Trinajstić information content (AvgIpc) is 2.35. The molecular formula is C14H21BO. The van der Waals surface area contributed by atoms with Gasteiger partial charge in [-0.25, -0.2) is 0 Å². The highest BCUT2D eigenvalue weighted by Crippen LogP contribution is 2.23. The highest BCUT2D eigenvalue weighted by Gasteiger charge is 2.17. The van der Waals surface area contributed by atoms with Crippen molar-refractivity contribution < 1.29 is 4.65 Å². The lowest BCUT2D eigenvalue weighted by atomic mass is 9.62. The Balaban J connectivity index is 2.71. The van der Waals surface area contributed by atoms with Crippen molar-refractivity contribution in [2.75, 3.05) is 0 Å². The first-order valence-corrected chi connectivity index (χ1v) is 6.13. The fourth-order valence-electron chi connectivity index (χ4n) is 1.80. The molecule has 0 aliphatic carbocycles. The van der Waals surface area contributed by atoms with E-state index in [1.54, 1.807) is 0 Å². The first-order chi connectivity index (χ1) is 7.81. The maximum absolute atomic E-state index is 6.10. The smallest absolute Gasteiger partial charge is 0.293 e. The minimum atomic E-state index is 0.156. The molecule has 86 valence electrons. The van der Waals surface area contributed by atoms with Crippen LogP contribution in [0.5, 0.6) is 0 Å². The topological polar surface area (TPSA) is 9.23 Å². The van der Waals surface area contributed by atoms with Gasteiger partial charge in [0.15, 0.2) is 0 Å². The van der Waals surface area contributed by atoms with Crippen molar-refractivity contribution in [3.8, 4) is 0 Å². The van der Waals surface area contributed by atoms with Crippen molar-refractivity contribution in [1.29, 1.82) is 0 Å². The van der Waals surface area contributed by atoms with Crippen molar-refractivity contribution in [3.05, 3.63) is 48.6 Å². The normalized spacial score (nSPS) is 12.1. The van der Waals surface area contributed by atoms with Gasteiger partial charge in [-0.15, -0.1) is 6.58 Å². The number of hydrogen-bond donors (Lipinski definition) is 0. The van der Waals surface area contributed by atoms with E-state index in [0.717, 1.165) is 19.1 Å². The van der Waals surface area contributed by atoms with E-state index in [1.165, 1.54) is 5.56 Å². The Hall–Kier alpha value is -1.02. The largest absolute Gasteiger partial charge is 0.429 e. The summed E-state index contributed by atoms with van der Waals surface area (Å²) in [5.74, 6) is 0. The van der Waals surface area contributed by atoms with Gasteiger partial charge in [-0.3, -0.25) is 0 Å². The summed E-state index contributed by atoms with van der Waals surface area (Å²) in [6, 6.07) is 10.4. The molecule has 1 rings (SSSR count). The van der Waals surface area contributed by atoms with Gasteiger partial charge in [-0.1, -0.05) is 62.9 Å². The van der Waals surface area contributed by atoms with Crippen molar-refractivity contribution in [1.82, 2.24) is 0 Å². The monoisotopic (exact) mass is 216 g/mol. The average molecular weight is 216 g/mol. The molecule has 1 nitrogen and oxygen atoms in total. The van der Waals surface area contributed by atoms with E-state index < -0.39 is 0 Å². The molecule has 0 amide bonds. The molecule has 1 unspecified atom stereocenters. The summed E-state index contributed by atoms with van der Waals surface area (Å²) in [5, 5.41) is 0. The number of hydrogen-bond acceptors (Lipinski definition) is 1. The molecular weight excluding hydrogens is 195 g/mol. The van der Waals surface area contributed by atoms with E-state index >= 15 is 0 Å². The van der Waals surface area contributed by atoms with Crippen molar-refractivity contribution in [2.24, 2.45) is 0 Å². The van der Waals surface area contributed by atoms with Crippen molar-refractivity contribution in [3.63, 3.8) is 0 Å². The van der Waals surface area contributed by atoms with E-state index in [4.69, 9.17) is 4.65 Å². The van der Waals surface area contributed by atoms with Crippen LogP contribution in [0.25, 0.3) is 0 Å². The molecule has 0 fully saturated rings. The second-order valence-corrected chi connectivity index (χ2v) is 4.00. The Bertz CT molecular complexity index is 293. The van der Waals surface area contributed by atoms with Crippen LogP contribution in [0.1, 0.15) is 31.9 Å². The Labute approximate surface area is 99.6 Å². The van der Waals surface area contributed by atoms with Crippen LogP contribution in [0, 0.1) is 0 Å². The van der Waals surface area contributed by atoms with E-state index in [1.807, 2.05) is 12.1 Å². The molecule has 16 heavy (non-hydrogen) atoms. The van der Waals surface area contributed by atoms with Crippen molar-refractivity contribution >= 4 is 6.92 Å². The summed E-state index contributed by atoms with van der Waals surface area (Å²) in [6.45, 7) is 8.50. The Morgan fingerprint density at radius 3 is 2.38 bits per heavy atom. The summed E-state index contributed by atoms with van der Waals surface area (Å²) in [7, 11) is 0. The Morgan fingerprint density at radius 1 is 1.25 bits per heavy atom. The van der Waals surface area contributed by atoms with Gasteiger partial charge in [0.25, 0.3) is 6.92 Å². The predicted octanol–water partition coefficient (Wildman–Crippen LogP) is 4.35. The summed E-state index contributed by atoms with van der Waals surface area (Å²) >= 11 is 0. The molecule has 0 bridgehead atoms. The lowest BCUT2D eigenvalue weighted by Crippen LogP contribution is -2.19. The highest BCUT2D eigenvalue weighted by atomic mass is 16.4. The van der Waals surface area contributed by atoms with Crippen LogP contribution in [0.15, 0.2) is 43.0 Å². The zero-order valence-corrected chi connectivity index (χ0v) is 10.4. The molecule has 0 spiro atoms. The third kappa shape index (κ3) is 3.86. The fraction of sp³-hybridized carbons (Fsp3) is 0.429. The molecule has 0 aliphatic heterocycles. The van der Waals surface area contributed by atoms with Crippen LogP contribution in [-0.4, -0.2) is 6.92 Å². The summed E-state index contributed by atoms with van der Waals surface area (Å²) < 4.78 is 6.10. The quantitative estimate of drug-likeness (QED) is 0.486. The predicted molar refractivity (Wildman–Crippen MR) is 71.8 cm³/mol. The standard InChI is InChI=1S/C14H21BO/c1-4-10-14(16-15(5-2)6-3)13-11-8-7-9-12-13/h4,7-9,11-12,14H,1,5-6,10H2,2-3H3. The van der Waals surface area contributed by atoms with Gasteiger partial charge in [0.2, 0.25) is 0 Å². The van der Waals surface area contributed by atoms with Gasteiger partial charge in [-0.05, 0) is 12.0 Å². The van der Waals surface area contributed by atoms with Gasteiger partial charge in [0.05, 0.1) is 6.10 Å². The van der Waals surface area contributed by atoms with Crippen LogP contribution in [-0.2, 0) is 4.65 Å². The lowest BCUT2D eigenvalue weighted by Gasteiger charge is -2.21. The van der Waals surface area contributed by atoms with Crippen LogP contribution < -0.4 is 0 Å². The van der Waals surface area contributed by atoms with Gasteiger partial charge < -0.3 is 4.65 Å². The first-order valence-electron chi connectivity index (χ1n) is 6.13. The van der Waals surface area contributed by atoms with Crippen LogP contribution in [0.3, 0.4) is 0 Å². The first kappa shape index (κ1) is 13.1. The SMILES string of the molecule is C=CCC(OB(CC)CC)c1ccccc1. The summed E-state index contributed by atoms with van der Waals surface area (Å²) in [4.78, 5) is 0. The van der Waals surface area contributed by atoms with Gasteiger partial charge >= 0.3 is 0 Å². The van der Waals surface area contributed by atoms with Gasteiger partial charge in [-0.2, -0.15) is 0 Å². The third-order valence-electron chi connectivity index (χ3n) is 2.82. The third-order valence-corrected chi connectivity index (χ3v) is 2.82. The van der Waals surface area contributed by atoms with Crippen LogP contribution in [0.4, 0.5) is 0 Å². The van der Waals surface area contributed by atoms with E-state index in [-0.39, 0.29) is 6.10 Å². The van der Waals surface area contributed by atoms with E-state index in [9.17, 15) is 0 Å². The minimum absolute atomic E-state index is 0.156. The zero-order chi connectivity index (χ0) is 11.8. The van der Waals surface area contributed by atoms with Crippen molar-refractivity contribution in [2.45, 2.75) is 39.0 Å². The molecule has 1 aromatic rings. The molecule has 0 aliphatic rings. The molecule has 1 atom stereocenters. The van der Waals surface area contributed by atoms with Crippen LogP contribution >= 0.6 is 0 Å². The lowest BCUT2D eigenvalue weighted by molar-refractivity contribution is 0.208. The molecule has 2 heteroatoms.